The summed E-state index contributed by atoms with van der Waals surface area (Å²) in [5.41, 5.74) is 3.26. The van der Waals surface area contributed by atoms with E-state index < -0.39 is 12.2 Å². The highest BCUT2D eigenvalue weighted by Gasteiger charge is 2.26. The first kappa shape index (κ1) is 23.4. The molecule has 32 heavy (non-hydrogen) atoms. The van der Waals surface area contributed by atoms with E-state index in [-0.39, 0.29) is 18.4 Å². The van der Waals surface area contributed by atoms with Gasteiger partial charge in [-0.2, -0.15) is 5.26 Å². The minimum absolute atomic E-state index is 0.0552. The topological polar surface area (TPSA) is 87.9 Å². The van der Waals surface area contributed by atoms with Gasteiger partial charge in [-0.05, 0) is 23.5 Å². The standard InChI is InChI=1S/C25H25ClN4O2/c1-17(2)16-21(25(31)30-13-12-27)32-23(19-6-4-3-5-7-19)20-10-8-18(9-11-20)22-24(26)29-15-14-28-22/h3-11,14-15,17,21,23H,13,16H2,1-2H3,(H,30,31)/t21-,23?/m0/s1. The Bertz CT molecular complexity index is 1070. The predicted molar refractivity (Wildman–Crippen MR) is 124 cm³/mol. The fourth-order valence-electron chi connectivity index (χ4n) is 3.37. The Morgan fingerprint density at radius 2 is 1.72 bits per heavy atom. The van der Waals surface area contributed by atoms with Crippen LogP contribution in [0.5, 0.6) is 0 Å². The van der Waals surface area contributed by atoms with Crippen LogP contribution < -0.4 is 5.32 Å². The third-order valence-corrected chi connectivity index (χ3v) is 5.14. The summed E-state index contributed by atoms with van der Waals surface area (Å²) in [5.74, 6) is -0.0467. The summed E-state index contributed by atoms with van der Waals surface area (Å²) in [5, 5.41) is 11.8. The summed E-state index contributed by atoms with van der Waals surface area (Å²) in [4.78, 5) is 21.1. The first-order valence-electron chi connectivity index (χ1n) is 10.4. The monoisotopic (exact) mass is 448 g/mol. The van der Waals surface area contributed by atoms with E-state index in [0.717, 1.165) is 16.7 Å². The van der Waals surface area contributed by atoms with Gasteiger partial charge in [0.05, 0.1) is 6.07 Å². The van der Waals surface area contributed by atoms with Crippen LogP contribution in [-0.2, 0) is 9.53 Å². The molecule has 1 amide bonds. The van der Waals surface area contributed by atoms with Crippen molar-refractivity contribution in [1.29, 1.82) is 5.26 Å². The van der Waals surface area contributed by atoms with Gasteiger partial charge in [-0.25, -0.2) is 4.98 Å². The van der Waals surface area contributed by atoms with Gasteiger partial charge >= 0.3 is 0 Å². The molecule has 1 N–H and O–H groups in total. The highest BCUT2D eigenvalue weighted by Crippen LogP contribution is 2.31. The Morgan fingerprint density at radius 1 is 1.06 bits per heavy atom. The van der Waals surface area contributed by atoms with Gasteiger partial charge in [0, 0.05) is 18.0 Å². The molecule has 1 unspecified atom stereocenters. The first-order valence-corrected chi connectivity index (χ1v) is 10.8. The van der Waals surface area contributed by atoms with Crippen molar-refractivity contribution < 1.29 is 9.53 Å². The third kappa shape index (κ3) is 6.13. The zero-order valence-corrected chi connectivity index (χ0v) is 18.8. The number of nitriles is 1. The van der Waals surface area contributed by atoms with E-state index >= 15 is 0 Å². The molecule has 0 aliphatic carbocycles. The third-order valence-electron chi connectivity index (χ3n) is 4.86. The first-order chi connectivity index (χ1) is 15.5. The number of aromatic nitrogens is 2. The summed E-state index contributed by atoms with van der Waals surface area (Å²) in [7, 11) is 0. The van der Waals surface area contributed by atoms with Crippen molar-refractivity contribution in [2.75, 3.05) is 6.54 Å². The van der Waals surface area contributed by atoms with Crippen molar-refractivity contribution in [3.63, 3.8) is 0 Å². The normalized spacial score (nSPS) is 12.7. The Labute approximate surface area is 193 Å². The molecule has 0 bridgehead atoms. The van der Waals surface area contributed by atoms with E-state index in [2.05, 4.69) is 15.3 Å². The molecule has 2 atom stereocenters. The van der Waals surface area contributed by atoms with E-state index in [1.807, 2.05) is 74.5 Å². The van der Waals surface area contributed by atoms with Gasteiger partial charge in [0.2, 0.25) is 5.91 Å². The number of benzene rings is 2. The number of nitrogens with one attached hydrogen (secondary N) is 1. The summed E-state index contributed by atoms with van der Waals surface area (Å²) < 4.78 is 6.39. The number of ether oxygens (including phenoxy) is 1. The van der Waals surface area contributed by atoms with Crippen LogP contribution in [0.4, 0.5) is 0 Å². The second-order valence-electron chi connectivity index (χ2n) is 7.74. The number of halogens is 1. The molecule has 0 aliphatic rings. The number of carbonyl (C=O) groups is 1. The van der Waals surface area contributed by atoms with E-state index in [1.54, 1.807) is 12.4 Å². The lowest BCUT2D eigenvalue weighted by molar-refractivity contribution is -0.136. The minimum Gasteiger partial charge on any atom is -0.356 e. The van der Waals surface area contributed by atoms with Crippen molar-refractivity contribution in [2.24, 2.45) is 5.92 Å². The van der Waals surface area contributed by atoms with E-state index in [0.29, 0.717) is 17.3 Å². The van der Waals surface area contributed by atoms with Crippen molar-refractivity contribution in [3.05, 3.63) is 83.3 Å². The van der Waals surface area contributed by atoms with Gasteiger partial charge in [0.1, 0.15) is 24.4 Å². The number of hydrogen-bond donors (Lipinski definition) is 1. The molecule has 1 heterocycles. The molecular formula is C25H25ClN4O2. The smallest absolute Gasteiger partial charge is 0.250 e. The molecule has 3 rings (SSSR count). The molecule has 3 aromatic rings. The summed E-state index contributed by atoms with van der Waals surface area (Å²) in [6.07, 6.45) is 2.53. The molecule has 0 spiro atoms. The lowest BCUT2D eigenvalue weighted by Crippen LogP contribution is -2.38. The maximum atomic E-state index is 12.7. The molecule has 1 aromatic heterocycles. The number of rotatable bonds is 9. The Hall–Kier alpha value is -3.27. The van der Waals surface area contributed by atoms with E-state index in [1.165, 1.54) is 0 Å². The van der Waals surface area contributed by atoms with Crippen LogP contribution in [0.15, 0.2) is 67.0 Å². The van der Waals surface area contributed by atoms with Gasteiger partial charge < -0.3 is 10.1 Å². The van der Waals surface area contributed by atoms with Gasteiger partial charge in [-0.1, -0.05) is 80.0 Å². The van der Waals surface area contributed by atoms with Crippen LogP contribution in [0.1, 0.15) is 37.5 Å². The fourth-order valence-corrected chi connectivity index (χ4v) is 3.58. The molecule has 6 nitrogen and oxygen atoms in total. The second-order valence-corrected chi connectivity index (χ2v) is 8.10. The number of nitrogens with zero attached hydrogens (tertiary/aromatic N) is 3. The quantitative estimate of drug-likeness (QED) is 0.467. The van der Waals surface area contributed by atoms with Gasteiger partial charge in [-0.15, -0.1) is 0 Å². The maximum absolute atomic E-state index is 12.7. The van der Waals surface area contributed by atoms with Crippen molar-refractivity contribution in [2.45, 2.75) is 32.5 Å². The fraction of sp³-hybridized carbons (Fsp3) is 0.280. The minimum atomic E-state index is -0.692. The summed E-state index contributed by atoms with van der Waals surface area (Å²) in [6.45, 7) is 4.01. The molecule has 0 fully saturated rings. The van der Waals surface area contributed by atoms with Gasteiger partial charge in [0.15, 0.2) is 5.15 Å². The average molecular weight is 449 g/mol. The Balaban J connectivity index is 1.93. The van der Waals surface area contributed by atoms with Crippen LogP contribution >= 0.6 is 11.6 Å². The highest BCUT2D eigenvalue weighted by atomic mass is 35.5. The molecular weight excluding hydrogens is 424 g/mol. The van der Waals surface area contributed by atoms with E-state index in [9.17, 15) is 4.79 Å². The largest absolute Gasteiger partial charge is 0.356 e. The molecule has 2 aromatic carbocycles. The highest BCUT2D eigenvalue weighted by molar-refractivity contribution is 6.31. The molecule has 164 valence electrons. The van der Waals surface area contributed by atoms with Crippen molar-refractivity contribution in [1.82, 2.24) is 15.3 Å². The molecule has 0 radical (unpaired) electrons. The van der Waals surface area contributed by atoms with Gasteiger partial charge in [0.25, 0.3) is 0 Å². The number of hydrogen-bond acceptors (Lipinski definition) is 5. The second kappa shape index (κ2) is 11.4. The number of amides is 1. The van der Waals surface area contributed by atoms with Crippen LogP contribution in [0.25, 0.3) is 11.3 Å². The van der Waals surface area contributed by atoms with E-state index in [4.69, 9.17) is 21.6 Å². The Kier molecular flexibility index (Phi) is 8.32. The summed E-state index contributed by atoms with van der Waals surface area (Å²) in [6, 6.07) is 19.4. The van der Waals surface area contributed by atoms with Crippen molar-refractivity contribution in [3.8, 4) is 17.3 Å². The molecule has 0 saturated heterocycles. The molecule has 7 heteroatoms. The lowest BCUT2D eigenvalue weighted by atomic mass is 9.98. The molecule has 0 saturated carbocycles. The van der Waals surface area contributed by atoms with Crippen LogP contribution in [0.3, 0.4) is 0 Å². The number of carbonyl (C=O) groups excluding carboxylic acids is 1. The predicted octanol–water partition coefficient (Wildman–Crippen LogP) is 4.96. The van der Waals surface area contributed by atoms with Crippen molar-refractivity contribution >= 4 is 17.5 Å². The van der Waals surface area contributed by atoms with Crippen LogP contribution in [0.2, 0.25) is 5.15 Å². The summed E-state index contributed by atoms with van der Waals surface area (Å²) >= 11 is 6.19. The zero-order chi connectivity index (χ0) is 22.9. The van der Waals surface area contributed by atoms with Crippen LogP contribution in [0, 0.1) is 17.2 Å². The lowest BCUT2D eigenvalue weighted by Gasteiger charge is -2.26. The van der Waals surface area contributed by atoms with Crippen LogP contribution in [-0.4, -0.2) is 28.5 Å². The Morgan fingerprint density at radius 3 is 2.34 bits per heavy atom. The SMILES string of the molecule is CC(C)C[C@H](OC(c1ccccc1)c1ccc(-c2nccnc2Cl)cc1)C(=O)NCC#N. The van der Waals surface area contributed by atoms with Gasteiger partial charge in [-0.3, -0.25) is 9.78 Å². The molecule has 0 aliphatic heterocycles. The average Bonchev–Trinajstić information content (AvgIpc) is 2.81. The maximum Gasteiger partial charge on any atom is 0.250 e. The zero-order valence-electron chi connectivity index (χ0n) is 18.0.